The molecule has 4 unspecified atom stereocenters. The molecule has 2 heterocycles. The van der Waals surface area contributed by atoms with Crippen LogP contribution in [0.25, 0.3) is 0 Å². The number of amides is 1. The van der Waals surface area contributed by atoms with Crippen LogP contribution >= 0.6 is 0 Å². The van der Waals surface area contributed by atoms with Crippen molar-refractivity contribution in [1.29, 1.82) is 0 Å². The average Bonchev–Trinajstić information content (AvgIpc) is 3.46. The van der Waals surface area contributed by atoms with E-state index in [1.165, 1.54) is 20.0 Å². The van der Waals surface area contributed by atoms with Gasteiger partial charge in [0.1, 0.15) is 6.17 Å². The number of ether oxygens (including phenoxy) is 1. The van der Waals surface area contributed by atoms with Gasteiger partial charge in [0.15, 0.2) is 5.78 Å². The van der Waals surface area contributed by atoms with Gasteiger partial charge in [-0.15, -0.1) is 0 Å². The maximum Gasteiger partial charge on any atom is 0.409 e. The summed E-state index contributed by atoms with van der Waals surface area (Å²) < 4.78 is 19.7. The maximum atomic E-state index is 14.9. The lowest BCUT2D eigenvalue weighted by molar-refractivity contribution is -0.125. The largest absolute Gasteiger partial charge is 0.453 e. The van der Waals surface area contributed by atoms with Crippen molar-refractivity contribution >= 4 is 11.9 Å². The molecule has 4 aliphatic rings. The molecule has 0 N–H and O–H groups in total. The lowest BCUT2D eigenvalue weighted by Gasteiger charge is -2.49. The van der Waals surface area contributed by atoms with E-state index in [9.17, 15) is 14.0 Å². The number of methoxy groups -OCH3 is 1. The lowest BCUT2D eigenvalue weighted by Crippen LogP contribution is -2.60. The molecule has 6 nitrogen and oxygen atoms in total. The van der Waals surface area contributed by atoms with Crippen LogP contribution < -0.4 is 0 Å². The van der Waals surface area contributed by atoms with Crippen LogP contribution in [0, 0.1) is 5.92 Å². The number of nitrogens with zero attached hydrogens (tertiary/aromatic N) is 3. The quantitative estimate of drug-likeness (QED) is 0.753. The van der Waals surface area contributed by atoms with Crippen molar-refractivity contribution in [3.63, 3.8) is 0 Å². The normalized spacial score (nSPS) is 36.3. The number of rotatable bonds is 2. The first kappa shape index (κ1) is 16.8. The van der Waals surface area contributed by atoms with Crippen LogP contribution in [-0.4, -0.2) is 84.2 Å². The number of allylic oxidation sites excluding steroid dienone is 1. The van der Waals surface area contributed by atoms with Gasteiger partial charge in [0, 0.05) is 56.4 Å². The van der Waals surface area contributed by atoms with Crippen molar-refractivity contribution < 1.29 is 18.7 Å². The van der Waals surface area contributed by atoms with Gasteiger partial charge in [0.2, 0.25) is 0 Å². The van der Waals surface area contributed by atoms with E-state index < -0.39 is 6.17 Å². The molecule has 25 heavy (non-hydrogen) atoms. The van der Waals surface area contributed by atoms with Crippen molar-refractivity contribution in [2.24, 2.45) is 5.92 Å². The number of carbonyl (C=O) groups is 2. The first-order chi connectivity index (χ1) is 12.1. The highest BCUT2D eigenvalue weighted by molar-refractivity contribution is 5.93. The van der Waals surface area contributed by atoms with E-state index in [2.05, 4.69) is 9.80 Å². The zero-order valence-corrected chi connectivity index (χ0v) is 14.6. The van der Waals surface area contributed by atoms with Crippen molar-refractivity contribution in [2.45, 2.75) is 50.0 Å². The Morgan fingerprint density at radius 3 is 2.52 bits per heavy atom. The summed E-state index contributed by atoms with van der Waals surface area (Å²) in [4.78, 5) is 30.0. The Morgan fingerprint density at radius 1 is 1.16 bits per heavy atom. The molecule has 138 valence electrons. The van der Waals surface area contributed by atoms with E-state index in [-0.39, 0.29) is 29.9 Å². The van der Waals surface area contributed by atoms with E-state index in [4.69, 9.17) is 4.74 Å². The third-order valence-electron chi connectivity index (χ3n) is 6.19. The first-order valence-corrected chi connectivity index (χ1v) is 9.29. The van der Waals surface area contributed by atoms with Crippen LogP contribution in [0.5, 0.6) is 0 Å². The maximum absolute atomic E-state index is 14.9. The van der Waals surface area contributed by atoms with Gasteiger partial charge in [-0.25, -0.2) is 9.18 Å². The van der Waals surface area contributed by atoms with E-state index in [0.29, 0.717) is 45.1 Å². The van der Waals surface area contributed by atoms with E-state index in [0.717, 1.165) is 0 Å². The number of alkyl halides is 1. The summed E-state index contributed by atoms with van der Waals surface area (Å²) in [5.41, 5.74) is 0. The first-order valence-electron chi connectivity index (χ1n) is 9.29. The Hall–Kier alpha value is -1.63. The second kappa shape index (κ2) is 6.59. The summed E-state index contributed by atoms with van der Waals surface area (Å²) in [5, 5.41) is 0. The predicted molar refractivity (Wildman–Crippen MR) is 89.8 cm³/mol. The van der Waals surface area contributed by atoms with Gasteiger partial charge < -0.3 is 14.5 Å². The fourth-order valence-electron chi connectivity index (χ4n) is 4.65. The fourth-order valence-corrected chi connectivity index (χ4v) is 4.65. The van der Waals surface area contributed by atoms with Gasteiger partial charge in [-0.1, -0.05) is 0 Å². The fraction of sp³-hybridized carbons (Fsp3) is 0.778. The summed E-state index contributed by atoms with van der Waals surface area (Å²) in [7, 11) is 1.38. The van der Waals surface area contributed by atoms with Crippen LogP contribution in [0.1, 0.15) is 25.7 Å². The molecule has 0 aromatic carbocycles. The van der Waals surface area contributed by atoms with Crippen molar-refractivity contribution in [3.05, 3.63) is 12.3 Å². The van der Waals surface area contributed by atoms with E-state index in [1.54, 1.807) is 11.0 Å². The van der Waals surface area contributed by atoms with Crippen LogP contribution in [-0.2, 0) is 9.53 Å². The number of carbonyl (C=O) groups excluding carboxylic acids is 2. The van der Waals surface area contributed by atoms with Gasteiger partial charge in [-0.3, -0.25) is 9.69 Å². The third kappa shape index (κ3) is 3.14. The number of fused-ring (bicyclic) bond motifs is 1. The van der Waals surface area contributed by atoms with Gasteiger partial charge in [-0.2, -0.15) is 0 Å². The molecule has 2 saturated carbocycles. The Morgan fingerprint density at radius 2 is 1.88 bits per heavy atom. The molecule has 0 bridgehead atoms. The molecular formula is C18H26FN3O3. The third-order valence-corrected chi connectivity index (χ3v) is 6.19. The summed E-state index contributed by atoms with van der Waals surface area (Å²) >= 11 is 0. The Kier molecular flexibility index (Phi) is 4.43. The van der Waals surface area contributed by atoms with Crippen LogP contribution in [0.15, 0.2) is 12.3 Å². The molecule has 1 amide bonds. The number of ketones is 1. The molecule has 2 aliphatic heterocycles. The predicted octanol–water partition coefficient (Wildman–Crippen LogP) is 1.42. The molecule has 0 spiro atoms. The smallest absolute Gasteiger partial charge is 0.409 e. The summed E-state index contributed by atoms with van der Waals surface area (Å²) in [6, 6.07) is 0.493. The minimum atomic E-state index is -0.984. The molecule has 7 heteroatoms. The molecule has 0 radical (unpaired) electrons. The molecule has 0 aromatic rings. The number of piperazine rings is 1. The Labute approximate surface area is 147 Å². The van der Waals surface area contributed by atoms with Gasteiger partial charge in [-0.05, 0) is 31.8 Å². The zero-order valence-electron chi connectivity index (χ0n) is 14.6. The molecule has 0 aromatic heterocycles. The van der Waals surface area contributed by atoms with Crippen molar-refractivity contribution in [1.82, 2.24) is 14.7 Å². The second-order valence-electron chi connectivity index (χ2n) is 7.62. The minimum absolute atomic E-state index is 0.0820. The molecular weight excluding hydrogens is 325 g/mol. The lowest BCUT2D eigenvalue weighted by atomic mass is 9.75. The number of hydrogen-bond acceptors (Lipinski definition) is 5. The molecule has 4 atom stereocenters. The summed E-state index contributed by atoms with van der Waals surface area (Å²) in [6.45, 7) is 2.44. The van der Waals surface area contributed by atoms with Gasteiger partial charge in [0.25, 0.3) is 0 Å². The van der Waals surface area contributed by atoms with Gasteiger partial charge >= 0.3 is 6.09 Å². The molecule has 3 fully saturated rings. The SMILES string of the molecule is COC(=O)N1CCN(C2CC3C(CC2F)C(=O)C=CN3C2CC2)CC1. The summed E-state index contributed by atoms with van der Waals surface area (Å²) in [5.74, 6) is -0.119. The topological polar surface area (TPSA) is 53.1 Å². The Bertz CT molecular complexity index is 572. The summed E-state index contributed by atoms with van der Waals surface area (Å²) in [6.07, 6.45) is 5.63. The van der Waals surface area contributed by atoms with Crippen LogP contribution in [0.3, 0.4) is 0 Å². The highest BCUT2D eigenvalue weighted by Crippen LogP contribution is 2.41. The molecule has 1 saturated heterocycles. The standard InChI is InChI=1S/C18H26FN3O3/c1-25-18(24)21-8-6-20(7-9-21)16-11-15-13(10-14(16)19)17(23)4-5-22(15)12-2-3-12/h4-5,12-16H,2-3,6-11H2,1H3. The minimum Gasteiger partial charge on any atom is -0.453 e. The Balaban J connectivity index is 1.44. The van der Waals surface area contributed by atoms with E-state index >= 15 is 0 Å². The number of halogens is 1. The van der Waals surface area contributed by atoms with Crippen LogP contribution in [0.2, 0.25) is 0 Å². The number of hydrogen-bond donors (Lipinski definition) is 0. The molecule has 4 rings (SSSR count). The van der Waals surface area contributed by atoms with Crippen molar-refractivity contribution in [3.8, 4) is 0 Å². The highest BCUT2D eigenvalue weighted by Gasteiger charge is 2.48. The van der Waals surface area contributed by atoms with Crippen molar-refractivity contribution in [2.75, 3.05) is 33.3 Å². The average molecular weight is 351 g/mol. The van der Waals surface area contributed by atoms with E-state index in [1.807, 2.05) is 6.20 Å². The zero-order chi connectivity index (χ0) is 17.6. The highest BCUT2D eigenvalue weighted by atomic mass is 19.1. The second-order valence-corrected chi connectivity index (χ2v) is 7.62. The monoisotopic (exact) mass is 351 g/mol. The van der Waals surface area contributed by atoms with Gasteiger partial charge in [0.05, 0.1) is 7.11 Å². The van der Waals surface area contributed by atoms with Crippen LogP contribution in [0.4, 0.5) is 9.18 Å². The molecule has 2 aliphatic carbocycles.